The number of hydrogen-bond donors (Lipinski definition) is 0. The molecule has 0 fully saturated rings. The Kier molecular flexibility index (Phi) is 10.2. The maximum atomic E-state index is 3.25. The number of rotatable bonds is 1. The molecule has 1 heterocycles. The van der Waals surface area contributed by atoms with Gasteiger partial charge in [-0.05, 0) is 23.7 Å². The monoisotopic (exact) mass is 247 g/mol. The van der Waals surface area contributed by atoms with Gasteiger partial charge in [0.25, 0.3) is 0 Å². The zero-order chi connectivity index (χ0) is 12.9. The van der Waals surface area contributed by atoms with Gasteiger partial charge in [-0.1, -0.05) is 56.7 Å². The summed E-state index contributed by atoms with van der Waals surface area (Å²) in [7, 11) is 1.64. The van der Waals surface area contributed by atoms with Crippen LogP contribution in [0.2, 0.25) is 0 Å². The predicted molar refractivity (Wildman–Crippen MR) is 81.2 cm³/mol. The van der Waals surface area contributed by atoms with Crippen molar-refractivity contribution in [3.63, 3.8) is 0 Å². The van der Waals surface area contributed by atoms with Gasteiger partial charge in [-0.2, -0.15) is 0 Å². The molecule has 2 rings (SSSR count). The molecule has 0 saturated carbocycles. The Hall–Kier alpha value is -1.41. The molecule has 0 amide bonds. The number of aliphatic imine (C=N–C) groups is 1. The van der Waals surface area contributed by atoms with Gasteiger partial charge < -0.3 is 4.99 Å². The summed E-state index contributed by atoms with van der Waals surface area (Å²) in [6.45, 7) is 7.36. The lowest BCUT2D eigenvalue weighted by Crippen LogP contribution is -1.67. The summed E-state index contributed by atoms with van der Waals surface area (Å²) in [5.41, 5.74) is 1.31. The molecule has 17 heavy (non-hydrogen) atoms. The maximum absolute atomic E-state index is 3.25. The Morgan fingerprint density at radius 1 is 1.06 bits per heavy atom. The Labute approximate surface area is 109 Å². The fourth-order valence-corrected chi connectivity index (χ4v) is 1.78. The zero-order valence-electron chi connectivity index (χ0n) is 10.9. The van der Waals surface area contributed by atoms with E-state index in [0.29, 0.717) is 0 Å². The van der Waals surface area contributed by atoms with Crippen molar-refractivity contribution < 1.29 is 0 Å². The average molecular weight is 247 g/mol. The van der Waals surface area contributed by atoms with Crippen LogP contribution in [0.25, 0.3) is 10.4 Å². The highest BCUT2D eigenvalue weighted by atomic mass is 32.1. The van der Waals surface area contributed by atoms with Crippen LogP contribution in [0.3, 0.4) is 0 Å². The van der Waals surface area contributed by atoms with Crippen LogP contribution in [0.5, 0.6) is 0 Å². The molecule has 0 aliphatic rings. The van der Waals surface area contributed by atoms with E-state index >= 15 is 0 Å². The van der Waals surface area contributed by atoms with Crippen molar-refractivity contribution in [3.8, 4) is 10.4 Å². The highest BCUT2D eigenvalue weighted by Gasteiger charge is 1.93. The van der Waals surface area contributed by atoms with Gasteiger partial charge in [-0.3, -0.25) is 0 Å². The third-order valence-electron chi connectivity index (χ3n) is 1.58. The van der Waals surface area contributed by atoms with Crippen LogP contribution in [-0.2, 0) is 0 Å². The Morgan fingerprint density at radius 3 is 2.00 bits per heavy atom. The lowest BCUT2D eigenvalue weighted by atomic mass is 10.2. The molecule has 0 N–H and O–H groups in total. The SMILES string of the molecule is C=NC.CCC.c1ccc(-c2cccs2)cc1. The Bertz CT molecular complexity index is 365. The highest BCUT2D eigenvalue weighted by molar-refractivity contribution is 7.13. The molecular weight excluding hydrogens is 226 g/mol. The van der Waals surface area contributed by atoms with Crippen LogP contribution < -0.4 is 0 Å². The first-order chi connectivity index (χ1) is 8.29. The second kappa shape index (κ2) is 11.1. The number of benzene rings is 1. The molecule has 1 aromatic carbocycles. The third kappa shape index (κ3) is 7.47. The smallest absolute Gasteiger partial charge is 0.0342 e. The van der Waals surface area contributed by atoms with E-state index in [1.807, 2.05) is 6.07 Å². The van der Waals surface area contributed by atoms with Gasteiger partial charge in [-0.15, -0.1) is 11.3 Å². The molecular formula is C15H21NS. The number of thiophene rings is 1. The van der Waals surface area contributed by atoms with Crippen LogP contribution in [-0.4, -0.2) is 13.8 Å². The van der Waals surface area contributed by atoms with Crippen LogP contribution in [0, 0.1) is 0 Å². The van der Waals surface area contributed by atoms with Crippen molar-refractivity contribution in [2.24, 2.45) is 4.99 Å². The van der Waals surface area contributed by atoms with Crippen molar-refractivity contribution in [1.29, 1.82) is 0 Å². The first-order valence-corrected chi connectivity index (χ1v) is 6.61. The standard InChI is InChI=1S/C10H8S.C3H8.C2H5N/c1-2-5-9(6-3-1)10-7-4-8-11-10;2*1-3-2/h1-8H;3H2,1-2H3;1H2,2H3. The molecule has 0 atom stereocenters. The first-order valence-electron chi connectivity index (χ1n) is 5.73. The lowest BCUT2D eigenvalue weighted by molar-refractivity contribution is 1.09. The average Bonchev–Trinajstić information content (AvgIpc) is 2.86. The molecule has 92 valence electrons. The quantitative estimate of drug-likeness (QED) is 0.618. The fourth-order valence-electron chi connectivity index (χ4n) is 1.05. The molecule has 1 aromatic heterocycles. The van der Waals surface area contributed by atoms with E-state index in [0.717, 1.165) is 0 Å². The second-order valence-electron chi connectivity index (χ2n) is 3.37. The summed E-state index contributed by atoms with van der Waals surface area (Å²) in [6, 6.07) is 14.6. The Morgan fingerprint density at radius 2 is 1.59 bits per heavy atom. The fraction of sp³-hybridized carbons (Fsp3) is 0.267. The largest absolute Gasteiger partial charge is 0.304 e. The number of hydrogen-bond acceptors (Lipinski definition) is 2. The van der Waals surface area contributed by atoms with Gasteiger partial charge >= 0.3 is 0 Å². The summed E-state index contributed by atoms with van der Waals surface area (Å²) >= 11 is 1.78. The van der Waals surface area contributed by atoms with Crippen molar-refractivity contribution in [2.45, 2.75) is 20.3 Å². The molecule has 2 aromatic rings. The molecule has 0 bridgehead atoms. The van der Waals surface area contributed by atoms with Gasteiger partial charge in [0.2, 0.25) is 0 Å². The normalized spacial score (nSPS) is 8.18. The second-order valence-corrected chi connectivity index (χ2v) is 4.31. The van der Waals surface area contributed by atoms with Crippen molar-refractivity contribution in [3.05, 3.63) is 47.8 Å². The first kappa shape index (κ1) is 15.6. The van der Waals surface area contributed by atoms with E-state index in [1.165, 1.54) is 16.9 Å². The molecule has 1 nitrogen and oxygen atoms in total. The molecule has 0 radical (unpaired) electrons. The summed E-state index contributed by atoms with van der Waals surface area (Å²) < 4.78 is 0. The summed E-state index contributed by atoms with van der Waals surface area (Å²) in [5.74, 6) is 0. The summed E-state index contributed by atoms with van der Waals surface area (Å²) in [6.07, 6.45) is 1.25. The van der Waals surface area contributed by atoms with Crippen LogP contribution in [0.1, 0.15) is 20.3 Å². The predicted octanol–water partition coefficient (Wildman–Crippen LogP) is 5.15. The van der Waals surface area contributed by atoms with Gasteiger partial charge in [0.1, 0.15) is 0 Å². The Balaban J connectivity index is 0.000000366. The molecule has 2 heteroatoms. The van der Waals surface area contributed by atoms with Gasteiger partial charge in [0, 0.05) is 11.9 Å². The summed E-state index contributed by atoms with van der Waals surface area (Å²) in [5, 5.41) is 2.10. The topological polar surface area (TPSA) is 12.4 Å². The van der Waals surface area contributed by atoms with E-state index in [1.54, 1.807) is 18.4 Å². The van der Waals surface area contributed by atoms with Gasteiger partial charge in [0.05, 0.1) is 0 Å². The van der Waals surface area contributed by atoms with E-state index in [2.05, 4.69) is 67.3 Å². The van der Waals surface area contributed by atoms with E-state index in [9.17, 15) is 0 Å². The molecule has 0 spiro atoms. The zero-order valence-corrected chi connectivity index (χ0v) is 11.7. The molecule has 0 unspecified atom stereocenters. The maximum Gasteiger partial charge on any atom is 0.0342 e. The number of nitrogens with zero attached hydrogens (tertiary/aromatic N) is 1. The van der Waals surface area contributed by atoms with E-state index < -0.39 is 0 Å². The van der Waals surface area contributed by atoms with Gasteiger partial charge in [0.15, 0.2) is 0 Å². The van der Waals surface area contributed by atoms with Crippen molar-refractivity contribution in [1.82, 2.24) is 0 Å². The molecule has 0 saturated heterocycles. The minimum atomic E-state index is 1.25. The van der Waals surface area contributed by atoms with Crippen molar-refractivity contribution in [2.75, 3.05) is 7.05 Å². The van der Waals surface area contributed by atoms with Crippen molar-refractivity contribution >= 4 is 18.1 Å². The van der Waals surface area contributed by atoms with Gasteiger partial charge in [-0.25, -0.2) is 0 Å². The van der Waals surface area contributed by atoms with Crippen LogP contribution >= 0.6 is 11.3 Å². The third-order valence-corrected chi connectivity index (χ3v) is 2.50. The lowest BCUT2D eigenvalue weighted by Gasteiger charge is -1.93. The highest BCUT2D eigenvalue weighted by Crippen LogP contribution is 2.23. The van der Waals surface area contributed by atoms with E-state index in [4.69, 9.17) is 0 Å². The van der Waals surface area contributed by atoms with Crippen LogP contribution in [0.4, 0.5) is 0 Å². The minimum Gasteiger partial charge on any atom is -0.304 e. The molecule has 0 aliphatic heterocycles. The molecule has 0 aliphatic carbocycles. The van der Waals surface area contributed by atoms with E-state index in [-0.39, 0.29) is 0 Å². The summed E-state index contributed by atoms with van der Waals surface area (Å²) in [4.78, 5) is 4.59. The minimum absolute atomic E-state index is 1.25. The van der Waals surface area contributed by atoms with Crippen LogP contribution in [0.15, 0.2) is 52.8 Å².